The number of nitrogens with zero attached hydrogens (tertiary/aromatic N) is 1. The van der Waals surface area contributed by atoms with Crippen molar-refractivity contribution >= 4 is 0 Å². The summed E-state index contributed by atoms with van der Waals surface area (Å²) in [6.45, 7) is 5.36. The highest BCUT2D eigenvalue weighted by Crippen LogP contribution is 2.32. The molecule has 0 bridgehead atoms. The summed E-state index contributed by atoms with van der Waals surface area (Å²) in [6.07, 6.45) is 12.4. The largest absolute Gasteiger partial charge is 0.396 e. The molecule has 2 saturated carbocycles. The van der Waals surface area contributed by atoms with Gasteiger partial charge in [0.05, 0.1) is 0 Å². The smallest absolute Gasteiger partial charge is 0.0434 e. The van der Waals surface area contributed by atoms with E-state index in [1.807, 2.05) is 0 Å². The lowest BCUT2D eigenvalue weighted by Crippen LogP contribution is -2.50. The van der Waals surface area contributed by atoms with Crippen molar-refractivity contribution in [3.05, 3.63) is 0 Å². The summed E-state index contributed by atoms with van der Waals surface area (Å²) in [4.78, 5) is 2.68. The molecule has 1 saturated heterocycles. The summed E-state index contributed by atoms with van der Waals surface area (Å²) >= 11 is 0. The monoisotopic (exact) mass is 294 g/mol. The molecule has 2 atom stereocenters. The molecule has 0 radical (unpaired) electrons. The molecule has 3 fully saturated rings. The fourth-order valence-electron chi connectivity index (χ4n) is 4.38. The van der Waals surface area contributed by atoms with Gasteiger partial charge in [-0.2, -0.15) is 0 Å². The Hall–Kier alpha value is -0.120. The van der Waals surface area contributed by atoms with Crippen LogP contribution in [0.2, 0.25) is 0 Å². The number of likely N-dealkylation sites (tertiary alicyclic amines) is 1. The lowest BCUT2D eigenvalue weighted by molar-refractivity contribution is 0.114. The van der Waals surface area contributed by atoms with Crippen LogP contribution in [0.5, 0.6) is 0 Å². The zero-order valence-corrected chi connectivity index (χ0v) is 13.6. The SMILES string of the molecule is OCCC1CC(NCC2CCCCC2)CN(CC2CC2)C1. The number of rotatable bonds is 7. The molecule has 3 nitrogen and oxygen atoms in total. The van der Waals surface area contributed by atoms with E-state index in [1.54, 1.807) is 0 Å². The van der Waals surface area contributed by atoms with Crippen molar-refractivity contribution in [3.63, 3.8) is 0 Å². The Morgan fingerprint density at radius 2 is 1.71 bits per heavy atom. The molecule has 1 heterocycles. The molecular formula is C18H34N2O. The van der Waals surface area contributed by atoms with Crippen LogP contribution in [0, 0.1) is 17.8 Å². The van der Waals surface area contributed by atoms with Gasteiger partial charge in [-0.25, -0.2) is 0 Å². The minimum Gasteiger partial charge on any atom is -0.396 e. The normalized spacial score (nSPS) is 32.4. The van der Waals surface area contributed by atoms with E-state index in [4.69, 9.17) is 0 Å². The third kappa shape index (κ3) is 5.22. The molecule has 3 aliphatic rings. The highest BCUT2D eigenvalue weighted by molar-refractivity contribution is 4.87. The number of piperidine rings is 1. The summed E-state index contributed by atoms with van der Waals surface area (Å²) in [5, 5.41) is 13.2. The summed E-state index contributed by atoms with van der Waals surface area (Å²) in [6, 6.07) is 0.663. The first-order valence-electron chi connectivity index (χ1n) is 9.40. The summed E-state index contributed by atoms with van der Waals surface area (Å²) < 4.78 is 0. The van der Waals surface area contributed by atoms with Gasteiger partial charge in [-0.05, 0) is 62.8 Å². The molecular weight excluding hydrogens is 260 g/mol. The second-order valence-corrected chi connectivity index (χ2v) is 7.89. The van der Waals surface area contributed by atoms with Crippen LogP contribution >= 0.6 is 0 Å². The number of aliphatic hydroxyl groups is 1. The predicted octanol–water partition coefficient (Wildman–Crippen LogP) is 2.64. The maximum absolute atomic E-state index is 9.28. The Labute approximate surface area is 130 Å². The molecule has 0 spiro atoms. The van der Waals surface area contributed by atoms with Crippen molar-refractivity contribution < 1.29 is 5.11 Å². The standard InChI is InChI=1S/C18H34N2O/c21-9-8-17-10-18(14-20(13-17)12-16-6-7-16)19-11-15-4-2-1-3-5-15/h15-19,21H,1-14H2. The van der Waals surface area contributed by atoms with Gasteiger partial charge in [-0.3, -0.25) is 0 Å². The molecule has 2 aliphatic carbocycles. The molecule has 3 heteroatoms. The average molecular weight is 294 g/mol. The first kappa shape index (κ1) is 15.8. The van der Waals surface area contributed by atoms with Gasteiger partial charge in [0.2, 0.25) is 0 Å². The zero-order valence-electron chi connectivity index (χ0n) is 13.6. The summed E-state index contributed by atoms with van der Waals surface area (Å²) in [5.41, 5.74) is 0. The van der Waals surface area contributed by atoms with Gasteiger partial charge in [0.25, 0.3) is 0 Å². The van der Waals surface area contributed by atoms with Crippen LogP contribution in [0.25, 0.3) is 0 Å². The van der Waals surface area contributed by atoms with E-state index in [2.05, 4.69) is 10.2 Å². The van der Waals surface area contributed by atoms with Crippen LogP contribution in [-0.4, -0.2) is 48.8 Å². The van der Waals surface area contributed by atoms with Crippen LogP contribution in [0.3, 0.4) is 0 Å². The minimum absolute atomic E-state index is 0.358. The third-order valence-electron chi connectivity index (χ3n) is 5.78. The fraction of sp³-hybridized carbons (Fsp3) is 1.00. The van der Waals surface area contributed by atoms with E-state index in [0.29, 0.717) is 18.6 Å². The molecule has 0 aromatic heterocycles. The molecule has 2 N–H and O–H groups in total. The number of aliphatic hydroxyl groups excluding tert-OH is 1. The Bertz CT molecular complexity index is 300. The van der Waals surface area contributed by atoms with Gasteiger partial charge >= 0.3 is 0 Å². The topological polar surface area (TPSA) is 35.5 Å². The lowest BCUT2D eigenvalue weighted by Gasteiger charge is -2.39. The van der Waals surface area contributed by atoms with Crippen LogP contribution in [0.4, 0.5) is 0 Å². The van der Waals surface area contributed by atoms with Crippen LogP contribution < -0.4 is 5.32 Å². The predicted molar refractivity (Wildman–Crippen MR) is 87.3 cm³/mol. The van der Waals surface area contributed by atoms with Crippen molar-refractivity contribution in [3.8, 4) is 0 Å². The second kappa shape index (κ2) is 7.94. The molecule has 2 unspecified atom stereocenters. The Morgan fingerprint density at radius 1 is 0.905 bits per heavy atom. The third-order valence-corrected chi connectivity index (χ3v) is 5.78. The molecule has 1 aliphatic heterocycles. The van der Waals surface area contributed by atoms with Crippen LogP contribution in [0.1, 0.15) is 57.8 Å². The van der Waals surface area contributed by atoms with Crippen LogP contribution in [-0.2, 0) is 0 Å². The maximum Gasteiger partial charge on any atom is 0.0434 e. The molecule has 0 aromatic rings. The second-order valence-electron chi connectivity index (χ2n) is 7.89. The van der Waals surface area contributed by atoms with E-state index in [-0.39, 0.29) is 0 Å². The Morgan fingerprint density at radius 3 is 2.43 bits per heavy atom. The van der Waals surface area contributed by atoms with Crippen molar-refractivity contribution in [1.29, 1.82) is 0 Å². The quantitative estimate of drug-likeness (QED) is 0.758. The highest BCUT2D eigenvalue weighted by Gasteiger charge is 2.31. The first-order valence-corrected chi connectivity index (χ1v) is 9.40. The van der Waals surface area contributed by atoms with E-state index in [9.17, 15) is 5.11 Å². The van der Waals surface area contributed by atoms with Gasteiger partial charge in [0, 0.05) is 32.3 Å². The van der Waals surface area contributed by atoms with E-state index < -0.39 is 0 Å². The number of hydrogen-bond acceptors (Lipinski definition) is 3. The van der Waals surface area contributed by atoms with Crippen molar-refractivity contribution in [1.82, 2.24) is 10.2 Å². The summed E-state index contributed by atoms with van der Waals surface area (Å²) in [5.74, 6) is 2.61. The fourth-order valence-corrected chi connectivity index (χ4v) is 4.38. The lowest BCUT2D eigenvalue weighted by atomic mass is 9.88. The van der Waals surface area contributed by atoms with Gasteiger partial charge in [-0.1, -0.05) is 19.3 Å². The van der Waals surface area contributed by atoms with Crippen LogP contribution in [0.15, 0.2) is 0 Å². The van der Waals surface area contributed by atoms with Crippen molar-refractivity contribution in [2.24, 2.45) is 17.8 Å². The Kier molecular flexibility index (Phi) is 5.96. The molecule has 122 valence electrons. The van der Waals surface area contributed by atoms with Crippen molar-refractivity contribution in [2.75, 3.05) is 32.8 Å². The maximum atomic E-state index is 9.28. The van der Waals surface area contributed by atoms with Gasteiger partial charge in [0.15, 0.2) is 0 Å². The Balaban J connectivity index is 1.44. The van der Waals surface area contributed by atoms with Gasteiger partial charge < -0.3 is 15.3 Å². The summed E-state index contributed by atoms with van der Waals surface area (Å²) in [7, 11) is 0. The highest BCUT2D eigenvalue weighted by atomic mass is 16.3. The van der Waals surface area contributed by atoms with Gasteiger partial charge in [-0.15, -0.1) is 0 Å². The first-order chi connectivity index (χ1) is 10.3. The molecule has 0 amide bonds. The molecule has 3 rings (SSSR count). The molecule has 0 aromatic carbocycles. The number of hydrogen-bond donors (Lipinski definition) is 2. The minimum atomic E-state index is 0.358. The zero-order chi connectivity index (χ0) is 14.5. The molecule has 21 heavy (non-hydrogen) atoms. The van der Waals surface area contributed by atoms with Gasteiger partial charge in [0.1, 0.15) is 0 Å². The number of nitrogens with one attached hydrogen (secondary N) is 1. The van der Waals surface area contributed by atoms with E-state index >= 15 is 0 Å². The van der Waals surface area contributed by atoms with E-state index in [0.717, 1.165) is 18.3 Å². The van der Waals surface area contributed by atoms with E-state index in [1.165, 1.54) is 77.5 Å². The van der Waals surface area contributed by atoms with Crippen molar-refractivity contribution in [2.45, 2.75) is 63.8 Å². The average Bonchev–Trinajstić information content (AvgIpc) is 3.30.